The number of benzene rings is 2. The maximum absolute atomic E-state index is 13.6. The van der Waals surface area contributed by atoms with E-state index in [0.29, 0.717) is 38.3 Å². The molecular formula is C23H17ClF2N2O3. The summed E-state index contributed by atoms with van der Waals surface area (Å²) in [5, 5.41) is 10.5. The fourth-order valence-corrected chi connectivity index (χ4v) is 3.90. The number of nitrogens with zero attached hydrogens (tertiary/aromatic N) is 2. The summed E-state index contributed by atoms with van der Waals surface area (Å²) in [6, 6.07) is 12.2. The van der Waals surface area contributed by atoms with E-state index in [1.807, 2.05) is 0 Å². The van der Waals surface area contributed by atoms with E-state index in [9.17, 15) is 23.5 Å². The van der Waals surface area contributed by atoms with E-state index >= 15 is 0 Å². The molecule has 2 aromatic carbocycles. The molecule has 0 saturated heterocycles. The van der Waals surface area contributed by atoms with Gasteiger partial charge in [-0.2, -0.15) is 0 Å². The molecule has 2 heterocycles. The summed E-state index contributed by atoms with van der Waals surface area (Å²) in [5.74, 6) is -2.97. The van der Waals surface area contributed by atoms with Gasteiger partial charge in [0.25, 0.3) is 5.56 Å². The highest BCUT2D eigenvalue weighted by Crippen LogP contribution is 2.32. The van der Waals surface area contributed by atoms with Crippen LogP contribution in [0.2, 0.25) is 5.02 Å². The first-order valence-corrected chi connectivity index (χ1v) is 9.76. The zero-order valence-electron chi connectivity index (χ0n) is 16.4. The van der Waals surface area contributed by atoms with Crippen LogP contribution >= 0.6 is 11.6 Å². The van der Waals surface area contributed by atoms with Crippen molar-refractivity contribution in [3.63, 3.8) is 0 Å². The van der Waals surface area contributed by atoms with Crippen LogP contribution in [0, 0.1) is 11.6 Å². The van der Waals surface area contributed by atoms with Crippen LogP contribution in [0.4, 0.5) is 8.78 Å². The standard InChI is InChI=1S/C23H17ClF2N2O3/c1-27-19(11-20(29)30)21(14-3-5-15(24)6-4-14)16-8-9-28(22(16)23(27)31)12-13-2-7-17(25)18(26)10-13/h2-10H,11-12H2,1H3,(H,29,30). The Bertz CT molecular complexity index is 1370. The van der Waals surface area contributed by atoms with Crippen molar-refractivity contribution in [3.8, 4) is 11.1 Å². The number of carboxylic acid groups (broad SMARTS) is 1. The normalized spacial score (nSPS) is 11.2. The third-order valence-electron chi connectivity index (χ3n) is 5.22. The van der Waals surface area contributed by atoms with Crippen molar-refractivity contribution in [2.45, 2.75) is 13.0 Å². The Balaban J connectivity index is 1.96. The molecule has 1 N–H and O–H groups in total. The van der Waals surface area contributed by atoms with Gasteiger partial charge in [-0.15, -0.1) is 0 Å². The highest BCUT2D eigenvalue weighted by atomic mass is 35.5. The third kappa shape index (κ3) is 3.84. The van der Waals surface area contributed by atoms with E-state index in [0.717, 1.165) is 12.1 Å². The molecule has 0 saturated carbocycles. The van der Waals surface area contributed by atoms with Crippen LogP contribution < -0.4 is 5.56 Å². The van der Waals surface area contributed by atoms with E-state index < -0.39 is 17.6 Å². The maximum Gasteiger partial charge on any atom is 0.309 e. The zero-order valence-corrected chi connectivity index (χ0v) is 17.2. The van der Waals surface area contributed by atoms with Crippen LogP contribution in [-0.4, -0.2) is 20.2 Å². The van der Waals surface area contributed by atoms with Gasteiger partial charge in [0, 0.05) is 41.5 Å². The number of halogens is 3. The second-order valence-corrected chi connectivity index (χ2v) is 7.65. The lowest BCUT2D eigenvalue weighted by molar-refractivity contribution is -0.136. The molecule has 158 valence electrons. The molecule has 0 aliphatic carbocycles. The number of aromatic nitrogens is 2. The highest BCUT2D eigenvalue weighted by Gasteiger charge is 2.21. The van der Waals surface area contributed by atoms with E-state index in [1.54, 1.807) is 41.1 Å². The Morgan fingerprint density at radius 2 is 1.77 bits per heavy atom. The molecule has 0 bridgehead atoms. The van der Waals surface area contributed by atoms with Crippen LogP contribution in [-0.2, 0) is 24.8 Å². The van der Waals surface area contributed by atoms with Gasteiger partial charge < -0.3 is 14.2 Å². The summed E-state index contributed by atoms with van der Waals surface area (Å²) in [5.41, 5.74) is 2.13. The second kappa shape index (κ2) is 8.00. The quantitative estimate of drug-likeness (QED) is 0.490. The average molecular weight is 443 g/mol. The Labute approximate surface area is 180 Å². The van der Waals surface area contributed by atoms with Crippen molar-refractivity contribution in [1.29, 1.82) is 0 Å². The van der Waals surface area contributed by atoms with Gasteiger partial charge in [0.15, 0.2) is 11.6 Å². The largest absolute Gasteiger partial charge is 0.481 e. The molecule has 4 rings (SSSR count). The third-order valence-corrected chi connectivity index (χ3v) is 5.47. The predicted molar refractivity (Wildman–Crippen MR) is 114 cm³/mol. The smallest absolute Gasteiger partial charge is 0.309 e. The van der Waals surface area contributed by atoms with E-state index in [-0.39, 0.29) is 18.5 Å². The van der Waals surface area contributed by atoms with E-state index in [2.05, 4.69) is 0 Å². The van der Waals surface area contributed by atoms with Crippen molar-refractivity contribution in [2.75, 3.05) is 0 Å². The average Bonchev–Trinajstić information content (AvgIpc) is 3.13. The minimum absolute atomic E-state index is 0.147. The first kappa shape index (κ1) is 20.8. The molecule has 31 heavy (non-hydrogen) atoms. The minimum Gasteiger partial charge on any atom is -0.481 e. The van der Waals surface area contributed by atoms with Crippen molar-refractivity contribution < 1.29 is 18.7 Å². The van der Waals surface area contributed by atoms with Gasteiger partial charge in [-0.25, -0.2) is 8.78 Å². The summed E-state index contributed by atoms with van der Waals surface area (Å²) in [7, 11) is 1.52. The van der Waals surface area contributed by atoms with E-state index in [4.69, 9.17) is 11.6 Å². The predicted octanol–water partition coefficient (Wildman–Crippen LogP) is 4.61. The number of hydrogen-bond donors (Lipinski definition) is 1. The van der Waals surface area contributed by atoms with E-state index in [1.165, 1.54) is 17.7 Å². The number of carboxylic acids is 1. The van der Waals surface area contributed by atoms with Crippen molar-refractivity contribution in [1.82, 2.24) is 9.13 Å². The fourth-order valence-electron chi connectivity index (χ4n) is 3.77. The van der Waals surface area contributed by atoms with Crippen LogP contribution in [0.1, 0.15) is 11.3 Å². The Hall–Kier alpha value is -3.45. The molecule has 4 aromatic rings. The van der Waals surface area contributed by atoms with Crippen LogP contribution in [0.3, 0.4) is 0 Å². The van der Waals surface area contributed by atoms with Gasteiger partial charge in [-0.1, -0.05) is 29.8 Å². The summed E-state index contributed by atoms with van der Waals surface area (Å²) in [4.78, 5) is 24.7. The van der Waals surface area contributed by atoms with Crippen LogP contribution in [0.25, 0.3) is 22.0 Å². The van der Waals surface area contributed by atoms with Crippen molar-refractivity contribution in [2.24, 2.45) is 7.05 Å². The lowest BCUT2D eigenvalue weighted by Crippen LogP contribution is -2.25. The molecule has 8 heteroatoms. The lowest BCUT2D eigenvalue weighted by Gasteiger charge is -2.16. The van der Waals surface area contributed by atoms with Crippen LogP contribution in [0.5, 0.6) is 0 Å². The Kier molecular flexibility index (Phi) is 5.37. The molecular weight excluding hydrogens is 426 g/mol. The number of fused-ring (bicyclic) bond motifs is 1. The number of rotatable bonds is 5. The fraction of sp³-hybridized carbons (Fsp3) is 0.130. The van der Waals surface area contributed by atoms with Gasteiger partial charge in [-0.05, 0) is 41.5 Å². The molecule has 0 unspecified atom stereocenters. The highest BCUT2D eigenvalue weighted by molar-refractivity contribution is 6.30. The zero-order chi connectivity index (χ0) is 22.3. The molecule has 0 amide bonds. The number of pyridine rings is 1. The van der Waals surface area contributed by atoms with Crippen molar-refractivity contribution in [3.05, 3.63) is 93.0 Å². The number of carbonyl (C=O) groups is 1. The van der Waals surface area contributed by atoms with Crippen molar-refractivity contribution >= 4 is 28.5 Å². The SMILES string of the molecule is Cn1c(CC(=O)O)c(-c2ccc(Cl)cc2)c2ccn(Cc3ccc(F)c(F)c3)c2c1=O. The summed E-state index contributed by atoms with van der Waals surface area (Å²) in [6.07, 6.45) is 1.34. The van der Waals surface area contributed by atoms with Gasteiger partial charge >= 0.3 is 5.97 Å². The summed E-state index contributed by atoms with van der Waals surface area (Å²) in [6.45, 7) is 0.147. The Morgan fingerprint density at radius 3 is 2.42 bits per heavy atom. The number of aliphatic carboxylic acids is 1. The molecule has 0 fully saturated rings. The molecule has 2 aromatic heterocycles. The second-order valence-electron chi connectivity index (χ2n) is 7.22. The molecule has 0 spiro atoms. The summed E-state index contributed by atoms with van der Waals surface area (Å²) < 4.78 is 29.9. The first-order valence-electron chi connectivity index (χ1n) is 9.38. The molecule has 0 aliphatic rings. The first-order chi connectivity index (χ1) is 14.8. The summed E-state index contributed by atoms with van der Waals surface area (Å²) >= 11 is 6.01. The molecule has 5 nitrogen and oxygen atoms in total. The molecule has 0 radical (unpaired) electrons. The minimum atomic E-state index is -1.06. The lowest BCUT2D eigenvalue weighted by atomic mass is 9.98. The van der Waals surface area contributed by atoms with Gasteiger partial charge in [-0.3, -0.25) is 9.59 Å². The molecule has 0 atom stereocenters. The molecule has 0 aliphatic heterocycles. The van der Waals surface area contributed by atoms with Crippen LogP contribution in [0.15, 0.2) is 59.5 Å². The van der Waals surface area contributed by atoms with Gasteiger partial charge in [0.2, 0.25) is 0 Å². The van der Waals surface area contributed by atoms with Gasteiger partial charge in [0.05, 0.1) is 6.42 Å². The van der Waals surface area contributed by atoms with Gasteiger partial charge in [0.1, 0.15) is 5.52 Å². The number of hydrogen-bond acceptors (Lipinski definition) is 2. The monoisotopic (exact) mass is 442 g/mol. The maximum atomic E-state index is 13.6. The Morgan fingerprint density at radius 1 is 1.06 bits per heavy atom. The topological polar surface area (TPSA) is 64.2 Å².